The summed E-state index contributed by atoms with van der Waals surface area (Å²) >= 11 is 0. The zero-order chi connectivity index (χ0) is 13.7. The summed E-state index contributed by atoms with van der Waals surface area (Å²) in [6.45, 7) is 17.4. The molecule has 0 aromatic carbocycles. The van der Waals surface area contributed by atoms with Gasteiger partial charge in [0.25, 0.3) is 0 Å². The van der Waals surface area contributed by atoms with Crippen molar-refractivity contribution in [3.8, 4) is 0 Å². The summed E-state index contributed by atoms with van der Waals surface area (Å²) in [5.74, 6) is 6.77. The fourth-order valence-corrected chi connectivity index (χ4v) is 5.66. The van der Waals surface area contributed by atoms with Gasteiger partial charge in [0.2, 0.25) is 0 Å². The van der Waals surface area contributed by atoms with Crippen LogP contribution in [0.4, 0.5) is 0 Å². The molecule has 6 unspecified atom stereocenters. The van der Waals surface area contributed by atoms with Crippen LogP contribution in [0, 0.1) is 46.8 Å². The molecule has 0 spiro atoms. The van der Waals surface area contributed by atoms with Crippen molar-refractivity contribution in [2.75, 3.05) is 0 Å². The van der Waals surface area contributed by atoms with E-state index in [4.69, 9.17) is 0 Å². The van der Waals surface area contributed by atoms with Crippen molar-refractivity contribution in [3.05, 3.63) is 0 Å². The van der Waals surface area contributed by atoms with Gasteiger partial charge in [-0.05, 0) is 59.7 Å². The normalized spacial score (nSPS) is 44.7. The highest BCUT2D eigenvalue weighted by Gasteiger charge is 2.55. The van der Waals surface area contributed by atoms with E-state index in [0.717, 1.165) is 41.4 Å². The molecule has 0 aliphatic heterocycles. The van der Waals surface area contributed by atoms with Gasteiger partial charge in [-0.15, -0.1) is 0 Å². The Hall–Kier alpha value is 0. The van der Waals surface area contributed by atoms with Crippen molar-refractivity contribution in [3.63, 3.8) is 0 Å². The van der Waals surface area contributed by atoms with E-state index in [1.807, 2.05) is 0 Å². The largest absolute Gasteiger partial charge is 0.0651 e. The third-order valence-corrected chi connectivity index (χ3v) is 6.73. The molecule has 2 fully saturated rings. The van der Waals surface area contributed by atoms with Crippen LogP contribution in [0.5, 0.6) is 0 Å². The Kier molecular flexibility index (Phi) is 3.87. The molecule has 2 saturated carbocycles. The molecule has 0 saturated heterocycles. The molecule has 106 valence electrons. The molecule has 2 aliphatic carbocycles. The lowest BCUT2D eigenvalue weighted by molar-refractivity contribution is -0.128. The molecule has 6 atom stereocenters. The van der Waals surface area contributed by atoms with Crippen molar-refractivity contribution in [2.24, 2.45) is 46.8 Å². The van der Waals surface area contributed by atoms with Crippen LogP contribution in [0.2, 0.25) is 0 Å². The Morgan fingerprint density at radius 2 is 1.67 bits per heavy atom. The zero-order valence-electron chi connectivity index (χ0n) is 13.7. The van der Waals surface area contributed by atoms with E-state index in [1.54, 1.807) is 0 Å². The highest BCUT2D eigenvalue weighted by molar-refractivity contribution is 5.03. The molecule has 0 aromatic heterocycles. The van der Waals surface area contributed by atoms with E-state index in [-0.39, 0.29) is 0 Å². The van der Waals surface area contributed by atoms with Crippen LogP contribution < -0.4 is 0 Å². The van der Waals surface area contributed by atoms with Gasteiger partial charge in [-0.3, -0.25) is 0 Å². The van der Waals surface area contributed by atoms with Gasteiger partial charge in [-0.1, -0.05) is 54.9 Å². The molecule has 18 heavy (non-hydrogen) atoms. The summed E-state index contributed by atoms with van der Waals surface area (Å²) in [7, 11) is 0. The maximum absolute atomic E-state index is 2.59. The molecular formula is C18H34. The Balaban J connectivity index is 2.10. The van der Waals surface area contributed by atoms with Crippen LogP contribution in [-0.2, 0) is 0 Å². The predicted molar refractivity (Wildman–Crippen MR) is 80.4 cm³/mol. The SMILES string of the molecule is CCC1C(C)CC1C(C)(C)C1C(C)CC1C(C)C. The summed E-state index contributed by atoms with van der Waals surface area (Å²) in [6.07, 6.45) is 4.35. The standard InChI is InChI=1S/C18H34/c1-8-14-12(4)10-16(14)18(6,7)17-13(5)9-15(17)11(2)3/h11-17H,8-10H2,1-7H3. The van der Waals surface area contributed by atoms with Gasteiger partial charge in [0.15, 0.2) is 0 Å². The fraction of sp³-hybridized carbons (Fsp3) is 1.00. The summed E-state index contributed by atoms with van der Waals surface area (Å²) in [5, 5.41) is 0. The van der Waals surface area contributed by atoms with Crippen LogP contribution in [0.15, 0.2) is 0 Å². The monoisotopic (exact) mass is 250 g/mol. The summed E-state index contributed by atoms with van der Waals surface area (Å²) < 4.78 is 0. The lowest BCUT2D eigenvalue weighted by atomic mass is 9.44. The van der Waals surface area contributed by atoms with E-state index in [1.165, 1.54) is 19.3 Å². The second kappa shape index (κ2) is 4.84. The molecular weight excluding hydrogens is 216 g/mol. The van der Waals surface area contributed by atoms with E-state index >= 15 is 0 Å². The molecule has 0 N–H and O–H groups in total. The smallest absolute Gasteiger partial charge is 0.0289 e. The van der Waals surface area contributed by atoms with E-state index < -0.39 is 0 Å². The first-order valence-corrected chi connectivity index (χ1v) is 8.30. The number of hydrogen-bond acceptors (Lipinski definition) is 0. The molecule has 0 heterocycles. The van der Waals surface area contributed by atoms with Crippen molar-refractivity contribution in [2.45, 2.75) is 67.7 Å². The second-order valence-electron chi connectivity index (χ2n) is 8.36. The van der Waals surface area contributed by atoms with Crippen LogP contribution in [-0.4, -0.2) is 0 Å². The topological polar surface area (TPSA) is 0 Å². The average molecular weight is 250 g/mol. The van der Waals surface area contributed by atoms with Crippen molar-refractivity contribution in [1.29, 1.82) is 0 Å². The van der Waals surface area contributed by atoms with E-state index in [9.17, 15) is 0 Å². The maximum atomic E-state index is 2.59. The van der Waals surface area contributed by atoms with Crippen LogP contribution in [0.25, 0.3) is 0 Å². The maximum Gasteiger partial charge on any atom is -0.0289 e. The highest BCUT2D eigenvalue weighted by atomic mass is 14.6. The summed E-state index contributed by atoms with van der Waals surface area (Å²) in [6, 6.07) is 0. The quantitative estimate of drug-likeness (QED) is 0.607. The van der Waals surface area contributed by atoms with Gasteiger partial charge in [0.05, 0.1) is 0 Å². The first kappa shape index (κ1) is 14.4. The molecule has 0 nitrogen and oxygen atoms in total. The van der Waals surface area contributed by atoms with Crippen LogP contribution >= 0.6 is 0 Å². The molecule has 0 amide bonds. The minimum Gasteiger partial charge on any atom is -0.0651 e. The molecule has 0 heteroatoms. The molecule has 2 aliphatic rings. The minimum atomic E-state index is 0.569. The summed E-state index contributed by atoms with van der Waals surface area (Å²) in [4.78, 5) is 0. The van der Waals surface area contributed by atoms with Crippen molar-refractivity contribution in [1.82, 2.24) is 0 Å². The van der Waals surface area contributed by atoms with Gasteiger partial charge in [0, 0.05) is 0 Å². The Bertz CT molecular complexity index is 288. The van der Waals surface area contributed by atoms with Gasteiger partial charge < -0.3 is 0 Å². The van der Waals surface area contributed by atoms with Gasteiger partial charge >= 0.3 is 0 Å². The summed E-state index contributed by atoms with van der Waals surface area (Å²) in [5.41, 5.74) is 0.569. The van der Waals surface area contributed by atoms with E-state index in [0.29, 0.717) is 5.41 Å². The van der Waals surface area contributed by atoms with E-state index in [2.05, 4.69) is 48.5 Å². The van der Waals surface area contributed by atoms with Gasteiger partial charge in [-0.25, -0.2) is 0 Å². The fourth-order valence-electron chi connectivity index (χ4n) is 5.66. The third-order valence-electron chi connectivity index (χ3n) is 6.73. The average Bonchev–Trinajstić information content (AvgIpc) is 2.21. The number of rotatable bonds is 4. The molecule has 0 aromatic rings. The zero-order valence-corrected chi connectivity index (χ0v) is 13.7. The number of hydrogen-bond donors (Lipinski definition) is 0. The van der Waals surface area contributed by atoms with Gasteiger partial charge in [0.1, 0.15) is 0 Å². The molecule has 2 rings (SSSR count). The van der Waals surface area contributed by atoms with Crippen LogP contribution in [0.1, 0.15) is 67.7 Å². The molecule has 0 bridgehead atoms. The highest BCUT2D eigenvalue weighted by Crippen LogP contribution is 2.62. The molecule has 0 radical (unpaired) electrons. The second-order valence-corrected chi connectivity index (χ2v) is 8.36. The van der Waals surface area contributed by atoms with Crippen molar-refractivity contribution < 1.29 is 0 Å². The Morgan fingerprint density at radius 3 is 2.06 bits per heavy atom. The Labute approximate surface area is 115 Å². The van der Waals surface area contributed by atoms with Gasteiger partial charge in [-0.2, -0.15) is 0 Å². The lowest BCUT2D eigenvalue weighted by Crippen LogP contribution is -2.55. The minimum absolute atomic E-state index is 0.569. The Morgan fingerprint density at radius 1 is 1.06 bits per heavy atom. The predicted octanol–water partition coefficient (Wildman–Crippen LogP) is 5.62. The lowest BCUT2D eigenvalue weighted by Gasteiger charge is -2.61. The first-order valence-electron chi connectivity index (χ1n) is 8.30. The van der Waals surface area contributed by atoms with Crippen molar-refractivity contribution >= 4 is 0 Å². The first-order chi connectivity index (χ1) is 8.30. The van der Waals surface area contributed by atoms with Crippen LogP contribution in [0.3, 0.4) is 0 Å². The third kappa shape index (κ3) is 2.04.